The highest BCUT2D eigenvalue weighted by atomic mass is 32.1. The number of allylic oxidation sites excluding steroid dienone is 1. The molecule has 5 rings (SSSR count). The van der Waals surface area contributed by atoms with Gasteiger partial charge in [-0.3, -0.25) is 4.79 Å². The normalized spacial score (nSPS) is 11.4. The molecule has 0 unspecified atom stereocenters. The average molecular weight is 1050 g/mol. The number of carbonyl (C=O) groups is 4. The molecule has 1 aliphatic rings. The molecule has 0 spiro atoms. The highest BCUT2D eigenvalue weighted by molar-refractivity contribution is 7.20. The summed E-state index contributed by atoms with van der Waals surface area (Å²) >= 11 is 2.36. The number of hydrogen-bond acceptors (Lipinski definition) is 18. The lowest BCUT2D eigenvalue weighted by molar-refractivity contribution is -0.150. The van der Waals surface area contributed by atoms with Gasteiger partial charge in [-0.1, -0.05) is 21.8 Å². The number of aliphatic hydroxyl groups excluding tert-OH is 1. The number of aliphatic hydroxyl groups is 1. The predicted octanol–water partition coefficient (Wildman–Crippen LogP) is 13.1. The summed E-state index contributed by atoms with van der Waals surface area (Å²) in [5, 5.41) is 36.6. The lowest BCUT2D eigenvalue weighted by atomic mass is 10.1. The van der Waals surface area contributed by atoms with Crippen molar-refractivity contribution in [3.8, 4) is 6.07 Å². The second kappa shape index (κ2) is 33.1. The van der Waals surface area contributed by atoms with Crippen LogP contribution in [0.3, 0.4) is 0 Å². The van der Waals surface area contributed by atoms with Crippen molar-refractivity contribution in [2.75, 3.05) is 62.5 Å². The molecule has 21 heteroatoms. The summed E-state index contributed by atoms with van der Waals surface area (Å²) in [6, 6.07) is 14.4. The molecule has 0 atom stereocenters. The highest BCUT2D eigenvalue weighted by Gasteiger charge is 2.18. The zero-order valence-electron chi connectivity index (χ0n) is 41.6. The van der Waals surface area contributed by atoms with Crippen LogP contribution in [-0.4, -0.2) is 93.6 Å². The Balaban J connectivity index is 0.000000646. The third-order valence-electron chi connectivity index (χ3n) is 10.0. The number of nitriles is 1. The number of esters is 3. The number of ketones is 1. The maximum Gasteiger partial charge on any atom is 0.338 e. The van der Waals surface area contributed by atoms with Crippen molar-refractivity contribution in [3.05, 3.63) is 122 Å². The van der Waals surface area contributed by atoms with Crippen LogP contribution in [-0.2, 0) is 38.1 Å². The number of benzene rings is 2. The summed E-state index contributed by atoms with van der Waals surface area (Å²) < 4.78 is 20.0. The minimum absolute atomic E-state index is 0. The van der Waals surface area contributed by atoms with E-state index in [1.807, 2.05) is 44.2 Å². The number of anilines is 2. The Bertz CT molecular complexity index is 2840. The van der Waals surface area contributed by atoms with Crippen LogP contribution < -0.4 is 9.80 Å². The number of carbonyl (C=O) groups excluding carboxylic acids is 4. The predicted molar refractivity (Wildman–Crippen MR) is 290 cm³/mol. The van der Waals surface area contributed by atoms with E-state index in [1.54, 1.807) is 13.8 Å². The van der Waals surface area contributed by atoms with Crippen molar-refractivity contribution in [3.63, 3.8) is 0 Å². The second-order valence-corrected chi connectivity index (χ2v) is 17.9. The van der Waals surface area contributed by atoms with Crippen LogP contribution in [0.1, 0.15) is 76.6 Å². The van der Waals surface area contributed by atoms with Gasteiger partial charge in [0, 0.05) is 54.8 Å². The number of ether oxygens (including phenoxy) is 4. The molecule has 74 heavy (non-hydrogen) atoms. The van der Waals surface area contributed by atoms with Gasteiger partial charge in [0.2, 0.25) is 16.4 Å². The van der Waals surface area contributed by atoms with Gasteiger partial charge in [-0.15, -0.1) is 22.7 Å². The van der Waals surface area contributed by atoms with E-state index in [0.717, 1.165) is 59.0 Å². The molecule has 3 heterocycles. The molecule has 392 valence electrons. The van der Waals surface area contributed by atoms with Crippen molar-refractivity contribution in [2.45, 2.75) is 89.3 Å². The van der Waals surface area contributed by atoms with E-state index >= 15 is 0 Å². The second-order valence-electron chi connectivity index (χ2n) is 15.9. The summed E-state index contributed by atoms with van der Waals surface area (Å²) in [4.78, 5) is 57.5. The first kappa shape index (κ1) is 64.3. The number of nitrogens with zero attached hydrogens (tertiary/aromatic N) is 10. The molecule has 0 saturated heterocycles. The molecule has 0 aliphatic carbocycles. The zero-order chi connectivity index (χ0) is 53.3. The monoisotopic (exact) mass is 1050 g/mol. The van der Waals surface area contributed by atoms with E-state index in [-0.39, 0.29) is 46.5 Å². The van der Waals surface area contributed by atoms with E-state index < -0.39 is 17.9 Å². The first-order valence-electron chi connectivity index (χ1n) is 22.3. The quantitative estimate of drug-likeness (QED) is 0.0206. The lowest BCUT2D eigenvalue weighted by Gasteiger charge is -2.29. The smallest absolute Gasteiger partial charge is 0.338 e. The van der Waals surface area contributed by atoms with Gasteiger partial charge in [-0.2, -0.15) is 25.7 Å². The molecule has 0 saturated carbocycles. The fourth-order valence-electron chi connectivity index (χ4n) is 6.34. The van der Waals surface area contributed by atoms with E-state index in [0.29, 0.717) is 80.5 Å². The van der Waals surface area contributed by atoms with Gasteiger partial charge in [0.15, 0.2) is 5.78 Å². The van der Waals surface area contributed by atoms with Crippen LogP contribution in [0.15, 0.2) is 81.2 Å². The first-order chi connectivity index (χ1) is 34.4. The van der Waals surface area contributed by atoms with E-state index in [9.17, 15) is 24.4 Å². The fraction of sp³-hybridized carbons (Fsp3) is 0.396. The maximum atomic E-state index is 11.4. The molecule has 19 nitrogen and oxygen atoms in total. The molecule has 0 fully saturated rings. The Morgan fingerprint density at radius 3 is 1.62 bits per heavy atom. The first-order valence-corrected chi connectivity index (χ1v) is 24.0. The topological polar surface area (TPSA) is 218 Å². The van der Waals surface area contributed by atoms with Gasteiger partial charge in [0.1, 0.15) is 22.7 Å². The lowest BCUT2D eigenvalue weighted by Crippen LogP contribution is -2.34. The Kier molecular flexibility index (Phi) is 28.7. The molecular weight excluding hydrogens is 985 g/mol. The Morgan fingerprint density at radius 1 is 0.730 bits per heavy atom. The molecule has 1 aliphatic heterocycles. The Hall–Kier alpha value is -7.76. The number of thiophene rings is 2. The van der Waals surface area contributed by atoms with Crippen molar-refractivity contribution in [1.82, 2.24) is 0 Å². The van der Waals surface area contributed by atoms with E-state index in [2.05, 4.69) is 89.4 Å². The van der Waals surface area contributed by atoms with Gasteiger partial charge in [-0.05, 0) is 120 Å². The van der Waals surface area contributed by atoms with Crippen molar-refractivity contribution < 1.29 is 43.2 Å². The van der Waals surface area contributed by atoms with Crippen LogP contribution in [0.2, 0.25) is 0 Å². The van der Waals surface area contributed by atoms with Crippen molar-refractivity contribution >= 4 is 95.5 Å². The van der Waals surface area contributed by atoms with Gasteiger partial charge < -0.3 is 33.9 Å². The molecule has 0 amide bonds. The summed E-state index contributed by atoms with van der Waals surface area (Å²) in [6.45, 7) is 42.2. The van der Waals surface area contributed by atoms with Crippen molar-refractivity contribution in [2.24, 2.45) is 20.5 Å². The summed E-state index contributed by atoms with van der Waals surface area (Å²) in [5.41, 5.74) is 7.42. The molecule has 1 N–H and O–H groups in total. The van der Waals surface area contributed by atoms with Crippen molar-refractivity contribution in [1.29, 1.82) is 5.26 Å². The summed E-state index contributed by atoms with van der Waals surface area (Å²) in [5.74, 6) is -1.95. The average Bonchev–Trinajstić information content (AvgIpc) is 4.00. The molecule has 0 bridgehead atoms. The molecular formula is C53H64N10O9S2. The van der Waals surface area contributed by atoms with Crippen LogP contribution in [0.4, 0.5) is 49.1 Å². The fourth-order valence-corrected chi connectivity index (χ4v) is 8.06. The highest BCUT2D eigenvalue weighted by Crippen LogP contribution is 2.47. The molecule has 2 aromatic heterocycles. The number of hydrogen-bond donors (Lipinski definition) is 1. The number of rotatable bonds is 21. The SMILES string of the molecule is C.C.O=C1C=CC(=O)O1.[C-]#[N+]c1c(N=Nc2ccc(N(CCOCCOC(=O)/C=C\C(C)=O)C(C)C)cc2C)sc(C#N)c1C.[C-]#[N+]c1sc(N=Nc2ccc(N(CCOCCO)C(C)C)cc2C)c([N+]#[C-])c1C. The van der Waals surface area contributed by atoms with Crippen LogP contribution >= 0.6 is 22.7 Å². The van der Waals surface area contributed by atoms with Crippen LogP contribution in [0.25, 0.3) is 14.5 Å². The maximum absolute atomic E-state index is 11.4. The molecule has 0 radical (unpaired) electrons. The minimum Gasteiger partial charge on any atom is -0.460 e. The Morgan fingerprint density at radius 2 is 1.22 bits per heavy atom. The van der Waals surface area contributed by atoms with Crippen LogP contribution in [0.5, 0.6) is 0 Å². The van der Waals surface area contributed by atoms with E-state index in [4.69, 9.17) is 39.0 Å². The van der Waals surface area contributed by atoms with Gasteiger partial charge in [-0.25, -0.2) is 28.9 Å². The zero-order valence-corrected chi connectivity index (χ0v) is 43.2. The minimum atomic E-state index is -0.579. The number of azo groups is 2. The standard InChI is InChI=1S/C26H29N5O4S.C21H25N5O2S.C4H2O3.2CH4/c1-17(2)31(11-12-34-13-14-35-24(33)10-7-19(4)32)21-8-9-22(18(3)15-21)29-30-26-25(28-6)20(5)23(16-27)36-26;1-14(2)26(9-11-28-12-10-27)17-7-8-18(15(3)13-17)24-25-21-19(22-5)16(4)20(23-6)29-21;5-3-1-2-4(6)7-3;;/h7-10,15,17H,11-14H2,1-5H3;7-8,13-14,27H,9-12H2,1-4H3;1-2H;2*1H4/b10-7-,30-29?;;;;. The van der Waals surface area contributed by atoms with Gasteiger partial charge in [0.05, 0.1) is 69.0 Å². The number of aryl methyl sites for hydroxylation is 2. The summed E-state index contributed by atoms with van der Waals surface area (Å²) in [6.07, 6.45) is 4.43. The van der Waals surface area contributed by atoms with E-state index in [1.165, 1.54) is 29.6 Å². The third-order valence-corrected chi connectivity index (χ3v) is 12.2. The van der Waals surface area contributed by atoms with Gasteiger partial charge >= 0.3 is 17.9 Å². The largest absolute Gasteiger partial charge is 0.460 e. The summed E-state index contributed by atoms with van der Waals surface area (Å²) in [7, 11) is 0. The van der Waals surface area contributed by atoms with Crippen LogP contribution in [0, 0.1) is 58.7 Å². The number of cyclic esters (lactones) is 2. The van der Waals surface area contributed by atoms with Gasteiger partial charge in [0.25, 0.3) is 0 Å². The molecule has 4 aromatic rings. The third kappa shape index (κ3) is 20.0. The molecule has 2 aromatic carbocycles. The Labute approximate surface area is 442 Å².